The van der Waals surface area contributed by atoms with Crippen molar-refractivity contribution in [2.45, 2.75) is 0 Å². The number of amides is 1. The molecule has 4 heteroatoms. The van der Waals surface area contributed by atoms with Crippen molar-refractivity contribution < 1.29 is 4.79 Å². The number of likely N-dealkylation sites (N-methyl/N-ethyl adjacent to an activating group) is 1. The molecule has 1 fully saturated rings. The molecular weight excluding hydrogens is 127 g/mol. The molecule has 2 radical (unpaired) electrons. The van der Waals surface area contributed by atoms with Gasteiger partial charge in [0.05, 0.1) is 0 Å². The second-order valence-corrected chi connectivity index (χ2v) is 2.63. The zero-order valence-corrected chi connectivity index (χ0v) is 6.21. The van der Waals surface area contributed by atoms with Crippen LogP contribution in [0.5, 0.6) is 0 Å². The maximum Gasteiger partial charge on any atom is 0.200 e. The lowest BCUT2D eigenvalue weighted by atomic mass is 10.1. The van der Waals surface area contributed by atoms with Crippen molar-refractivity contribution in [3.05, 3.63) is 0 Å². The Morgan fingerprint density at radius 3 is 2.20 bits per heavy atom. The number of carbonyl (C=O) groups excluding carboxylic acids is 1. The van der Waals surface area contributed by atoms with Crippen LogP contribution in [0.4, 0.5) is 4.79 Å². The van der Waals surface area contributed by atoms with Crippen molar-refractivity contribution >= 4 is 13.7 Å². The van der Waals surface area contributed by atoms with Crippen LogP contribution in [-0.4, -0.2) is 56.7 Å². The van der Waals surface area contributed by atoms with Gasteiger partial charge in [0, 0.05) is 26.2 Å². The predicted octanol–water partition coefficient (Wildman–Crippen LogP) is -0.478. The third-order valence-corrected chi connectivity index (χ3v) is 1.81. The highest BCUT2D eigenvalue weighted by atomic mass is 16.1. The number of hydrogen-bond donors (Lipinski definition) is 0. The minimum atomic E-state index is -0.298. The van der Waals surface area contributed by atoms with Crippen LogP contribution in [0.3, 0.4) is 0 Å². The normalized spacial score (nSPS) is 21.1. The summed E-state index contributed by atoms with van der Waals surface area (Å²) in [5.41, 5.74) is 0. The molecular formula is C6H11BN2O. The molecule has 0 aromatic carbocycles. The molecule has 1 aliphatic heterocycles. The second-order valence-electron chi connectivity index (χ2n) is 2.63. The van der Waals surface area contributed by atoms with Gasteiger partial charge in [-0.1, -0.05) is 0 Å². The summed E-state index contributed by atoms with van der Waals surface area (Å²) >= 11 is 0. The summed E-state index contributed by atoms with van der Waals surface area (Å²) < 4.78 is 0. The van der Waals surface area contributed by atoms with E-state index in [4.69, 9.17) is 7.85 Å². The number of piperazine rings is 1. The first-order valence-electron chi connectivity index (χ1n) is 3.43. The van der Waals surface area contributed by atoms with E-state index >= 15 is 0 Å². The number of hydrogen-bond acceptors (Lipinski definition) is 2. The number of carbonyl (C=O) groups is 1. The largest absolute Gasteiger partial charge is 0.350 e. The summed E-state index contributed by atoms with van der Waals surface area (Å²) in [5, 5.41) is 0. The lowest BCUT2D eigenvalue weighted by Crippen LogP contribution is -2.46. The minimum Gasteiger partial charge on any atom is -0.350 e. The van der Waals surface area contributed by atoms with Gasteiger partial charge in [-0.25, -0.2) is 0 Å². The molecule has 54 valence electrons. The van der Waals surface area contributed by atoms with E-state index in [0.717, 1.165) is 26.2 Å². The molecule has 0 saturated carbocycles. The van der Waals surface area contributed by atoms with Gasteiger partial charge in [0.25, 0.3) is 0 Å². The van der Waals surface area contributed by atoms with Crippen molar-refractivity contribution in [3.63, 3.8) is 0 Å². The van der Waals surface area contributed by atoms with Gasteiger partial charge >= 0.3 is 0 Å². The van der Waals surface area contributed by atoms with Gasteiger partial charge in [-0.2, -0.15) is 0 Å². The molecule has 3 nitrogen and oxygen atoms in total. The quantitative estimate of drug-likeness (QED) is 0.422. The summed E-state index contributed by atoms with van der Waals surface area (Å²) in [5.74, 6) is -0.298. The molecule has 0 atom stereocenters. The van der Waals surface area contributed by atoms with E-state index < -0.39 is 0 Å². The molecule has 1 amide bonds. The average Bonchev–Trinajstić information content (AvgIpc) is 1.88. The Morgan fingerprint density at radius 1 is 1.30 bits per heavy atom. The van der Waals surface area contributed by atoms with Crippen molar-refractivity contribution in [2.75, 3.05) is 33.2 Å². The Labute approximate surface area is 62.4 Å². The van der Waals surface area contributed by atoms with Crippen LogP contribution in [0.25, 0.3) is 0 Å². The Kier molecular flexibility index (Phi) is 2.32. The predicted molar refractivity (Wildman–Crippen MR) is 40.2 cm³/mol. The van der Waals surface area contributed by atoms with E-state index in [1.807, 2.05) is 7.05 Å². The second kappa shape index (κ2) is 3.06. The third kappa shape index (κ3) is 1.74. The van der Waals surface area contributed by atoms with Crippen LogP contribution in [0.2, 0.25) is 0 Å². The molecule has 1 rings (SSSR count). The Balaban J connectivity index is 2.33. The van der Waals surface area contributed by atoms with Gasteiger partial charge in [-0.15, -0.1) is 0 Å². The first-order valence-corrected chi connectivity index (χ1v) is 3.43. The van der Waals surface area contributed by atoms with Crippen LogP contribution in [0.1, 0.15) is 0 Å². The highest BCUT2D eigenvalue weighted by Gasteiger charge is 2.14. The summed E-state index contributed by atoms with van der Waals surface area (Å²) in [6.07, 6.45) is 0. The van der Waals surface area contributed by atoms with Gasteiger partial charge in [-0.3, -0.25) is 4.79 Å². The van der Waals surface area contributed by atoms with Crippen molar-refractivity contribution in [1.29, 1.82) is 0 Å². The fourth-order valence-corrected chi connectivity index (χ4v) is 1.03. The van der Waals surface area contributed by atoms with Crippen molar-refractivity contribution in [3.8, 4) is 0 Å². The molecule has 1 heterocycles. The summed E-state index contributed by atoms with van der Waals surface area (Å²) in [6.45, 7) is 3.41. The standard InChI is InChI=1S/C6H11BN2O/c1-8-2-4-9(5-3-8)6(7)10/h2-5H2,1H3. The lowest BCUT2D eigenvalue weighted by Gasteiger charge is -2.31. The molecule has 0 bridgehead atoms. The number of nitrogens with zero attached hydrogens (tertiary/aromatic N) is 2. The summed E-state index contributed by atoms with van der Waals surface area (Å²) in [6, 6.07) is 0. The Morgan fingerprint density at radius 2 is 1.80 bits per heavy atom. The smallest absolute Gasteiger partial charge is 0.200 e. The van der Waals surface area contributed by atoms with Gasteiger partial charge in [-0.05, 0) is 7.05 Å². The Hall–Kier alpha value is -0.505. The summed E-state index contributed by atoms with van der Waals surface area (Å²) in [4.78, 5) is 14.4. The maximum absolute atomic E-state index is 10.6. The van der Waals surface area contributed by atoms with Crippen LogP contribution in [-0.2, 0) is 0 Å². The molecule has 0 aromatic heterocycles. The monoisotopic (exact) mass is 138 g/mol. The van der Waals surface area contributed by atoms with E-state index in [-0.39, 0.29) is 5.81 Å². The highest BCUT2D eigenvalue weighted by Crippen LogP contribution is 1.97. The molecule has 1 saturated heterocycles. The fraction of sp³-hybridized carbons (Fsp3) is 0.833. The van der Waals surface area contributed by atoms with Crippen LogP contribution in [0, 0.1) is 0 Å². The summed E-state index contributed by atoms with van der Waals surface area (Å²) in [7, 11) is 7.12. The third-order valence-electron chi connectivity index (χ3n) is 1.81. The van der Waals surface area contributed by atoms with Gasteiger partial charge < -0.3 is 9.80 Å². The zero-order valence-electron chi connectivity index (χ0n) is 6.21. The first kappa shape index (κ1) is 7.60. The molecule has 0 N–H and O–H groups in total. The van der Waals surface area contributed by atoms with Crippen molar-refractivity contribution in [2.24, 2.45) is 0 Å². The molecule has 0 aromatic rings. The SMILES string of the molecule is [B]C(=O)N1CCN(C)CC1. The topological polar surface area (TPSA) is 23.6 Å². The molecule has 0 spiro atoms. The molecule has 1 aliphatic rings. The van der Waals surface area contributed by atoms with Gasteiger partial charge in [0.1, 0.15) is 0 Å². The number of rotatable bonds is 0. The highest BCUT2D eigenvalue weighted by molar-refractivity contribution is 6.56. The van der Waals surface area contributed by atoms with E-state index in [0.29, 0.717) is 0 Å². The van der Waals surface area contributed by atoms with E-state index in [9.17, 15) is 4.79 Å². The first-order chi connectivity index (χ1) is 4.70. The van der Waals surface area contributed by atoms with Crippen LogP contribution in [0.15, 0.2) is 0 Å². The molecule has 0 unspecified atom stereocenters. The maximum atomic E-state index is 10.6. The molecule has 10 heavy (non-hydrogen) atoms. The van der Waals surface area contributed by atoms with E-state index in [1.165, 1.54) is 0 Å². The van der Waals surface area contributed by atoms with Crippen LogP contribution < -0.4 is 0 Å². The van der Waals surface area contributed by atoms with E-state index in [1.54, 1.807) is 4.90 Å². The van der Waals surface area contributed by atoms with Crippen molar-refractivity contribution in [1.82, 2.24) is 9.80 Å². The zero-order chi connectivity index (χ0) is 7.56. The average molecular weight is 138 g/mol. The molecule has 0 aliphatic carbocycles. The lowest BCUT2D eigenvalue weighted by molar-refractivity contribution is 0.171. The minimum absolute atomic E-state index is 0.298. The fourth-order valence-electron chi connectivity index (χ4n) is 1.03. The van der Waals surface area contributed by atoms with E-state index in [2.05, 4.69) is 4.90 Å². The van der Waals surface area contributed by atoms with Gasteiger partial charge in [0.2, 0.25) is 7.85 Å². The van der Waals surface area contributed by atoms with Crippen LogP contribution >= 0.6 is 0 Å². The van der Waals surface area contributed by atoms with Gasteiger partial charge in [0.15, 0.2) is 5.81 Å². The Bertz CT molecular complexity index is 132.